The van der Waals surface area contributed by atoms with Gasteiger partial charge in [-0.2, -0.15) is 0 Å². The lowest BCUT2D eigenvalue weighted by molar-refractivity contribution is -0.138. The van der Waals surface area contributed by atoms with Crippen molar-refractivity contribution in [3.05, 3.63) is 65.2 Å². The van der Waals surface area contributed by atoms with Gasteiger partial charge in [0.1, 0.15) is 12.4 Å². The van der Waals surface area contributed by atoms with Gasteiger partial charge in [-0.3, -0.25) is 9.59 Å². The zero-order valence-electron chi connectivity index (χ0n) is 14.6. The van der Waals surface area contributed by atoms with E-state index in [2.05, 4.69) is 0 Å². The van der Waals surface area contributed by atoms with Gasteiger partial charge in [0.15, 0.2) is 0 Å². The number of aliphatic carboxylic acids is 1. The Morgan fingerprint density at radius 2 is 1.88 bits per heavy atom. The molecule has 0 bridgehead atoms. The largest absolute Gasteiger partial charge is 0.489 e. The number of carboxylic acid groups (broad SMARTS) is 1. The molecule has 25 heavy (non-hydrogen) atoms. The van der Waals surface area contributed by atoms with Gasteiger partial charge in [0, 0.05) is 13.6 Å². The fourth-order valence-corrected chi connectivity index (χ4v) is 2.38. The average molecular weight is 341 g/mol. The minimum absolute atomic E-state index is 0.0538. The van der Waals surface area contributed by atoms with Crippen LogP contribution in [0.4, 0.5) is 0 Å². The summed E-state index contributed by atoms with van der Waals surface area (Å²) < 4.78 is 5.83. The summed E-state index contributed by atoms with van der Waals surface area (Å²) in [6.07, 6.45) is 0.166. The van der Waals surface area contributed by atoms with E-state index < -0.39 is 5.97 Å². The monoisotopic (exact) mass is 341 g/mol. The molecule has 0 spiro atoms. The van der Waals surface area contributed by atoms with Crippen LogP contribution in [-0.4, -0.2) is 35.5 Å². The van der Waals surface area contributed by atoms with Crippen LogP contribution in [0, 0.1) is 6.92 Å². The summed E-state index contributed by atoms with van der Waals surface area (Å²) in [5.74, 6) is -0.315. The summed E-state index contributed by atoms with van der Waals surface area (Å²) in [6, 6.07) is 15.5. The smallest absolute Gasteiger partial charge is 0.305 e. The molecule has 2 aromatic rings. The predicted molar refractivity (Wildman–Crippen MR) is 95.5 cm³/mol. The van der Waals surface area contributed by atoms with Gasteiger partial charge >= 0.3 is 5.97 Å². The van der Waals surface area contributed by atoms with Crippen molar-refractivity contribution in [1.82, 2.24) is 4.90 Å². The zero-order valence-corrected chi connectivity index (χ0v) is 14.6. The number of aryl methyl sites for hydroxylation is 1. The van der Waals surface area contributed by atoms with Crippen LogP contribution < -0.4 is 4.74 Å². The molecule has 2 rings (SSSR count). The highest BCUT2D eigenvalue weighted by molar-refractivity contribution is 5.79. The molecule has 0 fully saturated rings. The summed E-state index contributed by atoms with van der Waals surface area (Å²) in [5.41, 5.74) is 3.14. The van der Waals surface area contributed by atoms with E-state index in [9.17, 15) is 9.59 Å². The standard InChI is InChI=1S/C20H23NO4/c1-15-6-3-4-8-17(15)14-25-18-9-5-7-16(12-18)13-19(22)21(2)11-10-20(23)24/h3-9,12H,10-11,13-14H2,1-2H3,(H,23,24). The third-order valence-electron chi connectivity index (χ3n) is 4.00. The molecule has 0 radical (unpaired) electrons. The minimum atomic E-state index is -0.911. The molecule has 2 aromatic carbocycles. The summed E-state index contributed by atoms with van der Waals surface area (Å²) >= 11 is 0. The molecule has 1 amide bonds. The Balaban J connectivity index is 1.93. The Hall–Kier alpha value is -2.82. The molecule has 0 aliphatic carbocycles. The number of carbonyl (C=O) groups excluding carboxylic acids is 1. The normalized spacial score (nSPS) is 10.3. The zero-order chi connectivity index (χ0) is 18.2. The Labute approximate surface area is 147 Å². The highest BCUT2D eigenvalue weighted by atomic mass is 16.5. The second-order valence-corrected chi connectivity index (χ2v) is 6.00. The topological polar surface area (TPSA) is 66.8 Å². The van der Waals surface area contributed by atoms with Crippen LogP contribution >= 0.6 is 0 Å². The number of hydrogen-bond donors (Lipinski definition) is 1. The Kier molecular flexibility index (Phi) is 6.57. The number of hydrogen-bond acceptors (Lipinski definition) is 3. The van der Waals surface area contributed by atoms with E-state index >= 15 is 0 Å². The molecule has 1 N–H and O–H groups in total. The quantitative estimate of drug-likeness (QED) is 0.801. The predicted octanol–water partition coefficient (Wildman–Crippen LogP) is 3.05. The van der Waals surface area contributed by atoms with Crippen LogP contribution in [0.2, 0.25) is 0 Å². The van der Waals surface area contributed by atoms with Crippen molar-refractivity contribution in [1.29, 1.82) is 0 Å². The fraction of sp³-hybridized carbons (Fsp3) is 0.300. The highest BCUT2D eigenvalue weighted by Crippen LogP contribution is 2.17. The molecule has 0 unspecified atom stereocenters. The second kappa shape index (κ2) is 8.87. The van der Waals surface area contributed by atoms with Crippen molar-refractivity contribution in [3.63, 3.8) is 0 Å². The van der Waals surface area contributed by atoms with E-state index in [0.29, 0.717) is 12.4 Å². The van der Waals surface area contributed by atoms with Crippen LogP contribution in [0.1, 0.15) is 23.1 Å². The van der Waals surface area contributed by atoms with Crippen molar-refractivity contribution in [3.8, 4) is 5.75 Å². The van der Waals surface area contributed by atoms with Gasteiger partial charge in [0.2, 0.25) is 5.91 Å². The summed E-state index contributed by atoms with van der Waals surface area (Å²) in [5, 5.41) is 8.69. The maximum atomic E-state index is 12.2. The van der Waals surface area contributed by atoms with Gasteiger partial charge in [0.25, 0.3) is 0 Å². The molecular weight excluding hydrogens is 318 g/mol. The fourth-order valence-electron chi connectivity index (χ4n) is 2.38. The minimum Gasteiger partial charge on any atom is -0.489 e. The molecule has 0 atom stereocenters. The third kappa shape index (κ3) is 5.95. The van der Waals surface area contributed by atoms with Crippen molar-refractivity contribution >= 4 is 11.9 Å². The molecule has 0 aliphatic rings. The molecule has 132 valence electrons. The van der Waals surface area contributed by atoms with E-state index in [-0.39, 0.29) is 25.3 Å². The van der Waals surface area contributed by atoms with Gasteiger partial charge in [0.05, 0.1) is 12.8 Å². The summed E-state index contributed by atoms with van der Waals surface area (Å²) in [7, 11) is 1.61. The number of ether oxygens (including phenoxy) is 1. The Morgan fingerprint density at radius 1 is 1.12 bits per heavy atom. The maximum Gasteiger partial charge on any atom is 0.305 e. The van der Waals surface area contributed by atoms with E-state index in [1.54, 1.807) is 7.05 Å². The number of amides is 1. The second-order valence-electron chi connectivity index (χ2n) is 6.00. The highest BCUT2D eigenvalue weighted by Gasteiger charge is 2.11. The molecule has 5 nitrogen and oxygen atoms in total. The van der Waals surface area contributed by atoms with Gasteiger partial charge in [-0.25, -0.2) is 0 Å². The van der Waals surface area contributed by atoms with Gasteiger partial charge in [-0.15, -0.1) is 0 Å². The lowest BCUT2D eigenvalue weighted by Crippen LogP contribution is -2.30. The number of benzene rings is 2. The number of rotatable bonds is 8. The molecule has 0 aromatic heterocycles. The SMILES string of the molecule is Cc1ccccc1COc1cccc(CC(=O)N(C)CCC(=O)O)c1. The molecule has 5 heteroatoms. The van der Waals surface area contributed by atoms with E-state index in [4.69, 9.17) is 9.84 Å². The lowest BCUT2D eigenvalue weighted by atomic mass is 10.1. The van der Waals surface area contributed by atoms with Crippen LogP contribution in [-0.2, 0) is 22.6 Å². The van der Waals surface area contributed by atoms with Crippen molar-refractivity contribution < 1.29 is 19.4 Å². The van der Waals surface area contributed by atoms with Crippen LogP contribution in [0.3, 0.4) is 0 Å². The maximum absolute atomic E-state index is 12.2. The van der Waals surface area contributed by atoms with Crippen LogP contribution in [0.5, 0.6) is 5.75 Å². The van der Waals surface area contributed by atoms with Crippen molar-refractivity contribution in [2.24, 2.45) is 0 Å². The first-order valence-corrected chi connectivity index (χ1v) is 8.17. The molecule has 0 aliphatic heterocycles. The van der Waals surface area contributed by atoms with Gasteiger partial charge < -0.3 is 14.7 Å². The van der Waals surface area contributed by atoms with Crippen LogP contribution in [0.25, 0.3) is 0 Å². The van der Waals surface area contributed by atoms with E-state index in [1.807, 2.05) is 55.5 Å². The Bertz CT molecular complexity index is 742. The molecule has 0 saturated carbocycles. The Morgan fingerprint density at radius 3 is 2.60 bits per heavy atom. The number of carboxylic acids is 1. The van der Waals surface area contributed by atoms with Crippen LogP contribution in [0.15, 0.2) is 48.5 Å². The van der Waals surface area contributed by atoms with E-state index in [1.165, 1.54) is 10.5 Å². The van der Waals surface area contributed by atoms with Crippen molar-refractivity contribution in [2.75, 3.05) is 13.6 Å². The number of nitrogens with zero attached hydrogens (tertiary/aromatic N) is 1. The van der Waals surface area contributed by atoms with Gasteiger partial charge in [-0.05, 0) is 35.7 Å². The third-order valence-corrected chi connectivity index (χ3v) is 4.00. The lowest BCUT2D eigenvalue weighted by Gasteiger charge is -2.16. The first kappa shape index (κ1) is 18.5. The number of likely N-dealkylation sites (N-methyl/N-ethyl adjacent to an activating group) is 1. The summed E-state index contributed by atoms with van der Waals surface area (Å²) in [6.45, 7) is 2.72. The molecule has 0 saturated heterocycles. The van der Waals surface area contributed by atoms with E-state index in [0.717, 1.165) is 11.1 Å². The first-order valence-electron chi connectivity index (χ1n) is 8.17. The summed E-state index contributed by atoms with van der Waals surface area (Å²) in [4.78, 5) is 24.2. The van der Waals surface area contributed by atoms with Crippen molar-refractivity contribution in [2.45, 2.75) is 26.4 Å². The van der Waals surface area contributed by atoms with Gasteiger partial charge in [-0.1, -0.05) is 36.4 Å². The number of carbonyl (C=O) groups is 2. The molecule has 0 heterocycles. The first-order chi connectivity index (χ1) is 12.0. The molecular formula is C20H23NO4. The average Bonchev–Trinajstić information content (AvgIpc) is 2.59.